The average Bonchev–Trinajstić information content (AvgIpc) is 2.29. The minimum Gasteiger partial charge on any atom is -0.463 e. The molecule has 1 fully saturated rings. The van der Waals surface area contributed by atoms with Gasteiger partial charge in [-0.3, -0.25) is 4.79 Å². The molecule has 0 aromatic rings. The van der Waals surface area contributed by atoms with Gasteiger partial charge >= 0.3 is 5.97 Å². The molecule has 16 heavy (non-hydrogen) atoms. The van der Waals surface area contributed by atoms with Crippen LogP contribution in [0, 0.1) is 11.8 Å². The highest BCUT2D eigenvalue weighted by molar-refractivity contribution is 5.72. The van der Waals surface area contributed by atoms with Gasteiger partial charge in [-0.15, -0.1) is 0 Å². The third-order valence-electron chi connectivity index (χ3n) is 2.60. The maximum absolute atomic E-state index is 11.6. The highest BCUT2D eigenvalue weighted by Gasteiger charge is 2.21. The summed E-state index contributed by atoms with van der Waals surface area (Å²) in [6, 6.07) is 0. The van der Waals surface area contributed by atoms with Crippen molar-refractivity contribution >= 4 is 5.97 Å². The van der Waals surface area contributed by atoms with E-state index in [1.54, 1.807) is 0 Å². The third-order valence-corrected chi connectivity index (χ3v) is 2.60. The zero-order valence-corrected chi connectivity index (χ0v) is 10.3. The number of rotatable bonds is 6. The van der Waals surface area contributed by atoms with E-state index in [0.29, 0.717) is 19.1 Å². The molecule has 1 rings (SSSR count). The number of ether oxygens (including phenoxy) is 2. The molecule has 0 aromatic heterocycles. The van der Waals surface area contributed by atoms with Gasteiger partial charge in [-0.05, 0) is 31.8 Å². The Kier molecular flexibility index (Phi) is 6.42. The summed E-state index contributed by atoms with van der Waals surface area (Å²) in [6.45, 7) is 7.66. The van der Waals surface area contributed by atoms with Crippen LogP contribution in [0.1, 0.15) is 26.7 Å². The summed E-state index contributed by atoms with van der Waals surface area (Å²) in [5, 5.41) is 3.23. The number of hydrogen-bond donors (Lipinski definition) is 1. The first kappa shape index (κ1) is 13.5. The van der Waals surface area contributed by atoms with Crippen LogP contribution in [-0.2, 0) is 14.3 Å². The van der Waals surface area contributed by atoms with Gasteiger partial charge in [0, 0.05) is 6.61 Å². The summed E-state index contributed by atoms with van der Waals surface area (Å²) in [6.07, 6.45) is 1.79. The minimum absolute atomic E-state index is 0.0605. The summed E-state index contributed by atoms with van der Waals surface area (Å²) in [4.78, 5) is 11.6. The van der Waals surface area contributed by atoms with E-state index in [1.807, 2.05) is 0 Å². The minimum atomic E-state index is -0.0605. The lowest BCUT2D eigenvalue weighted by atomic mass is 9.99. The summed E-state index contributed by atoms with van der Waals surface area (Å²) in [5.74, 6) is 0.557. The van der Waals surface area contributed by atoms with Gasteiger partial charge in [0.05, 0.1) is 12.5 Å². The molecule has 0 radical (unpaired) electrons. The topological polar surface area (TPSA) is 47.6 Å². The van der Waals surface area contributed by atoms with E-state index in [4.69, 9.17) is 9.47 Å². The van der Waals surface area contributed by atoms with Crippen molar-refractivity contribution in [1.82, 2.24) is 5.32 Å². The lowest BCUT2D eigenvalue weighted by molar-refractivity contribution is -0.151. The van der Waals surface area contributed by atoms with Crippen molar-refractivity contribution in [2.75, 3.05) is 32.9 Å². The van der Waals surface area contributed by atoms with Crippen molar-refractivity contribution in [1.29, 1.82) is 0 Å². The molecule has 0 amide bonds. The normalized spacial score (nSPS) is 17.7. The molecular formula is C12H23NO3. The van der Waals surface area contributed by atoms with Crippen LogP contribution in [0.25, 0.3) is 0 Å². The Bertz CT molecular complexity index is 200. The first-order valence-corrected chi connectivity index (χ1v) is 6.15. The largest absolute Gasteiger partial charge is 0.463 e. The van der Waals surface area contributed by atoms with Gasteiger partial charge in [-0.2, -0.15) is 0 Å². The smallest absolute Gasteiger partial charge is 0.309 e. The van der Waals surface area contributed by atoms with Gasteiger partial charge in [0.2, 0.25) is 0 Å². The molecule has 1 heterocycles. The van der Waals surface area contributed by atoms with Crippen LogP contribution in [-0.4, -0.2) is 38.9 Å². The summed E-state index contributed by atoms with van der Waals surface area (Å²) >= 11 is 0. The SMILES string of the molecule is CC(C)COCCOC(=O)C1CCNCC1. The van der Waals surface area contributed by atoms with E-state index in [-0.39, 0.29) is 11.9 Å². The Balaban J connectivity index is 2.01. The summed E-state index contributed by atoms with van der Waals surface area (Å²) in [7, 11) is 0. The Morgan fingerprint density at radius 1 is 1.31 bits per heavy atom. The molecule has 1 N–H and O–H groups in total. The molecule has 4 nitrogen and oxygen atoms in total. The van der Waals surface area contributed by atoms with E-state index in [1.165, 1.54) is 0 Å². The zero-order valence-electron chi connectivity index (χ0n) is 10.3. The number of esters is 1. The summed E-state index contributed by atoms with van der Waals surface area (Å²) < 4.78 is 10.5. The number of nitrogens with one attached hydrogen (secondary N) is 1. The fraction of sp³-hybridized carbons (Fsp3) is 0.917. The second-order valence-electron chi connectivity index (χ2n) is 4.66. The molecule has 0 atom stereocenters. The van der Waals surface area contributed by atoms with Crippen molar-refractivity contribution in [3.8, 4) is 0 Å². The monoisotopic (exact) mass is 229 g/mol. The maximum atomic E-state index is 11.6. The van der Waals surface area contributed by atoms with Gasteiger partial charge in [0.25, 0.3) is 0 Å². The first-order valence-electron chi connectivity index (χ1n) is 6.15. The predicted octanol–water partition coefficient (Wildman–Crippen LogP) is 1.20. The van der Waals surface area contributed by atoms with E-state index < -0.39 is 0 Å². The quantitative estimate of drug-likeness (QED) is 0.549. The number of piperidine rings is 1. The van der Waals surface area contributed by atoms with Gasteiger partial charge < -0.3 is 14.8 Å². The standard InChI is InChI=1S/C12H23NO3/c1-10(2)9-15-7-8-16-12(14)11-3-5-13-6-4-11/h10-11,13H,3-9H2,1-2H3. The van der Waals surface area contributed by atoms with Crippen LogP contribution in [0.3, 0.4) is 0 Å². The highest BCUT2D eigenvalue weighted by Crippen LogP contribution is 2.13. The lowest BCUT2D eigenvalue weighted by Crippen LogP contribution is -2.33. The van der Waals surface area contributed by atoms with Crippen molar-refractivity contribution < 1.29 is 14.3 Å². The zero-order chi connectivity index (χ0) is 11.8. The molecular weight excluding hydrogens is 206 g/mol. The number of carbonyl (C=O) groups is 1. The molecule has 0 bridgehead atoms. The Labute approximate surface area is 97.7 Å². The lowest BCUT2D eigenvalue weighted by Gasteiger charge is -2.20. The second-order valence-corrected chi connectivity index (χ2v) is 4.66. The average molecular weight is 229 g/mol. The fourth-order valence-electron chi connectivity index (χ4n) is 1.70. The van der Waals surface area contributed by atoms with Crippen LogP contribution in [0.4, 0.5) is 0 Å². The van der Waals surface area contributed by atoms with Gasteiger partial charge in [-0.25, -0.2) is 0 Å². The summed E-state index contributed by atoms with van der Waals surface area (Å²) in [5.41, 5.74) is 0. The van der Waals surface area contributed by atoms with Gasteiger partial charge in [-0.1, -0.05) is 13.8 Å². The molecule has 0 spiro atoms. The Morgan fingerprint density at radius 3 is 2.62 bits per heavy atom. The van der Waals surface area contributed by atoms with Crippen LogP contribution >= 0.6 is 0 Å². The van der Waals surface area contributed by atoms with Crippen molar-refractivity contribution in [2.45, 2.75) is 26.7 Å². The first-order chi connectivity index (χ1) is 7.70. The van der Waals surface area contributed by atoms with Crippen molar-refractivity contribution in [3.05, 3.63) is 0 Å². The molecule has 1 aliphatic rings. The van der Waals surface area contributed by atoms with E-state index >= 15 is 0 Å². The molecule has 0 aliphatic carbocycles. The van der Waals surface area contributed by atoms with Crippen molar-refractivity contribution in [2.24, 2.45) is 11.8 Å². The highest BCUT2D eigenvalue weighted by atomic mass is 16.6. The van der Waals surface area contributed by atoms with Gasteiger partial charge in [0.1, 0.15) is 6.61 Å². The maximum Gasteiger partial charge on any atom is 0.309 e. The van der Waals surface area contributed by atoms with Crippen molar-refractivity contribution in [3.63, 3.8) is 0 Å². The van der Waals surface area contributed by atoms with Crippen LogP contribution in [0.15, 0.2) is 0 Å². The Morgan fingerprint density at radius 2 is 2.00 bits per heavy atom. The molecule has 0 aromatic carbocycles. The number of hydrogen-bond acceptors (Lipinski definition) is 4. The Hall–Kier alpha value is -0.610. The molecule has 0 saturated carbocycles. The molecule has 0 unspecified atom stereocenters. The van der Waals surface area contributed by atoms with E-state index in [2.05, 4.69) is 19.2 Å². The van der Waals surface area contributed by atoms with Crippen LogP contribution in [0.5, 0.6) is 0 Å². The predicted molar refractivity (Wildman–Crippen MR) is 62.2 cm³/mol. The van der Waals surface area contributed by atoms with Crippen LogP contribution < -0.4 is 5.32 Å². The molecule has 94 valence electrons. The van der Waals surface area contributed by atoms with Crippen LogP contribution in [0.2, 0.25) is 0 Å². The van der Waals surface area contributed by atoms with E-state index in [0.717, 1.165) is 32.5 Å². The molecule has 1 aliphatic heterocycles. The second kappa shape index (κ2) is 7.63. The molecule has 1 saturated heterocycles. The molecule has 4 heteroatoms. The third kappa shape index (κ3) is 5.47. The number of carbonyl (C=O) groups excluding carboxylic acids is 1. The fourth-order valence-corrected chi connectivity index (χ4v) is 1.70. The van der Waals surface area contributed by atoms with Gasteiger partial charge in [0.15, 0.2) is 0 Å². The van der Waals surface area contributed by atoms with E-state index in [9.17, 15) is 4.79 Å².